The predicted molar refractivity (Wildman–Crippen MR) is 82.9 cm³/mol. The van der Waals surface area contributed by atoms with Crippen LogP contribution < -0.4 is 10.6 Å². The molecule has 0 radical (unpaired) electrons. The van der Waals surface area contributed by atoms with E-state index in [0.29, 0.717) is 12.1 Å². The van der Waals surface area contributed by atoms with Crippen molar-refractivity contribution < 1.29 is 9.18 Å². The number of amides is 2. The van der Waals surface area contributed by atoms with Crippen LogP contribution >= 0.6 is 0 Å². The average Bonchev–Trinajstić information content (AvgIpc) is 2.47. The van der Waals surface area contributed by atoms with Crippen molar-refractivity contribution in [2.45, 2.75) is 19.3 Å². The minimum atomic E-state index is -0.487. The molecule has 0 aromatic heterocycles. The predicted octanol–water partition coefficient (Wildman–Crippen LogP) is 3.93. The van der Waals surface area contributed by atoms with Crippen molar-refractivity contribution in [1.82, 2.24) is 5.32 Å². The molecule has 0 heterocycles. The van der Waals surface area contributed by atoms with Gasteiger partial charge in [0.1, 0.15) is 5.82 Å². The fraction of sp³-hybridized carbons (Fsp3) is 0.235. The Labute approximate surface area is 124 Å². The Morgan fingerprint density at radius 2 is 1.67 bits per heavy atom. The number of benzene rings is 2. The third-order valence-electron chi connectivity index (χ3n) is 3.33. The highest BCUT2D eigenvalue weighted by Crippen LogP contribution is 2.24. The second kappa shape index (κ2) is 6.39. The van der Waals surface area contributed by atoms with Gasteiger partial charge in [0.25, 0.3) is 0 Å². The molecule has 0 aliphatic carbocycles. The zero-order chi connectivity index (χ0) is 15.3. The summed E-state index contributed by atoms with van der Waals surface area (Å²) in [5.74, 6) is -0.257. The molecule has 0 unspecified atom stereocenters. The van der Waals surface area contributed by atoms with Gasteiger partial charge < -0.3 is 10.6 Å². The first kappa shape index (κ1) is 15.0. The molecule has 0 aliphatic heterocycles. The van der Waals surface area contributed by atoms with E-state index in [1.165, 1.54) is 6.07 Å². The third kappa shape index (κ3) is 4.05. The molecule has 4 heteroatoms. The van der Waals surface area contributed by atoms with E-state index >= 15 is 0 Å². The quantitative estimate of drug-likeness (QED) is 0.878. The summed E-state index contributed by atoms with van der Waals surface area (Å²) in [4.78, 5) is 11.9. The smallest absolute Gasteiger partial charge is 0.319 e. The van der Waals surface area contributed by atoms with E-state index in [1.807, 2.05) is 44.2 Å². The Bertz CT molecular complexity index is 611. The number of carbonyl (C=O) groups excluding carboxylic acids is 1. The number of anilines is 1. The summed E-state index contributed by atoms with van der Waals surface area (Å²) in [6, 6.07) is 15.5. The normalized spacial score (nSPS) is 11.0. The minimum absolute atomic E-state index is 0.257. The van der Waals surface area contributed by atoms with Gasteiger partial charge in [-0.1, -0.05) is 50.2 Å². The maximum absolute atomic E-state index is 13.8. The molecule has 0 atom stereocenters. The van der Waals surface area contributed by atoms with E-state index in [4.69, 9.17) is 0 Å². The number of nitrogens with one attached hydrogen (secondary N) is 2. The van der Waals surface area contributed by atoms with Crippen LogP contribution in [-0.2, 0) is 5.41 Å². The van der Waals surface area contributed by atoms with Crippen molar-refractivity contribution in [2.24, 2.45) is 0 Å². The Hall–Kier alpha value is -2.36. The Morgan fingerprint density at radius 3 is 2.33 bits per heavy atom. The van der Waals surface area contributed by atoms with E-state index in [9.17, 15) is 9.18 Å². The molecule has 0 saturated carbocycles. The summed E-state index contributed by atoms with van der Waals surface area (Å²) in [5.41, 5.74) is 0.822. The highest BCUT2D eigenvalue weighted by molar-refractivity contribution is 5.89. The second-order valence-electron chi connectivity index (χ2n) is 5.54. The van der Waals surface area contributed by atoms with Gasteiger partial charge in [0.15, 0.2) is 0 Å². The van der Waals surface area contributed by atoms with Crippen LogP contribution in [0.4, 0.5) is 14.9 Å². The number of hydrogen-bond donors (Lipinski definition) is 2. The van der Waals surface area contributed by atoms with Gasteiger partial charge in [0.2, 0.25) is 0 Å². The first-order valence-corrected chi connectivity index (χ1v) is 6.84. The van der Waals surface area contributed by atoms with Crippen LogP contribution in [0.15, 0.2) is 54.6 Å². The molecule has 0 saturated heterocycles. The van der Waals surface area contributed by atoms with Gasteiger partial charge >= 0.3 is 6.03 Å². The number of para-hydroxylation sites is 1. The molecule has 0 fully saturated rings. The molecule has 2 rings (SSSR count). The maximum atomic E-state index is 13.8. The standard InChI is InChI=1S/C17H19FN2O/c1-17(2,14-10-6-7-11-15(14)18)12-19-16(21)20-13-8-4-3-5-9-13/h3-11H,12H2,1-2H3,(H2,19,20,21). The topological polar surface area (TPSA) is 41.1 Å². The Morgan fingerprint density at radius 1 is 1.05 bits per heavy atom. The van der Waals surface area contributed by atoms with Gasteiger partial charge in [0.05, 0.1) is 0 Å². The van der Waals surface area contributed by atoms with Gasteiger partial charge in [-0.15, -0.1) is 0 Å². The number of urea groups is 1. The summed E-state index contributed by atoms with van der Waals surface area (Å²) in [5, 5.41) is 5.52. The Kier molecular flexibility index (Phi) is 4.58. The minimum Gasteiger partial charge on any atom is -0.337 e. The molecule has 0 bridgehead atoms. The fourth-order valence-electron chi connectivity index (χ4n) is 2.10. The van der Waals surface area contributed by atoms with Crippen LogP contribution in [0.3, 0.4) is 0 Å². The maximum Gasteiger partial charge on any atom is 0.319 e. The van der Waals surface area contributed by atoms with E-state index in [2.05, 4.69) is 10.6 Å². The average molecular weight is 286 g/mol. The van der Waals surface area contributed by atoms with Crippen LogP contribution in [0.25, 0.3) is 0 Å². The van der Waals surface area contributed by atoms with Crippen molar-refractivity contribution >= 4 is 11.7 Å². The SMILES string of the molecule is CC(C)(CNC(=O)Nc1ccccc1)c1ccccc1F. The first-order chi connectivity index (χ1) is 9.99. The van der Waals surface area contributed by atoms with E-state index in [-0.39, 0.29) is 11.8 Å². The number of hydrogen-bond acceptors (Lipinski definition) is 1. The van der Waals surface area contributed by atoms with Gasteiger partial charge in [-0.25, -0.2) is 9.18 Å². The highest BCUT2D eigenvalue weighted by atomic mass is 19.1. The first-order valence-electron chi connectivity index (χ1n) is 6.84. The molecule has 2 amide bonds. The molecular formula is C17H19FN2O. The summed E-state index contributed by atoms with van der Waals surface area (Å²) >= 11 is 0. The lowest BCUT2D eigenvalue weighted by atomic mass is 9.84. The summed E-state index contributed by atoms with van der Waals surface area (Å²) in [7, 11) is 0. The van der Waals surface area contributed by atoms with Gasteiger partial charge in [-0.05, 0) is 23.8 Å². The van der Waals surface area contributed by atoms with Crippen molar-refractivity contribution in [3.63, 3.8) is 0 Å². The largest absolute Gasteiger partial charge is 0.337 e. The van der Waals surface area contributed by atoms with Crippen LogP contribution in [0.1, 0.15) is 19.4 Å². The van der Waals surface area contributed by atoms with Gasteiger partial charge in [-0.3, -0.25) is 0 Å². The Balaban J connectivity index is 1.96. The molecule has 21 heavy (non-hydrogen) atoms. The molecule has 0 aliphatic rings. The molecule has 0 spiro atoms. The summed E-state index contributed by atoms with van der Waals surface area (Å²) < 4.78 is 13.8. The van der Waals surface area contributed by atoms with E-state index in [1.54, 1.807) is 18.2 Å². The molecule has 2 aromatic carbocycles. The lowest BCUT2D eigenvalue weighted by Gasteiger charge is -2.26. The second-order valence-corrected chi connectivity index (χ2v) is 5.54. The lowest BCUT2D eigenvalue weighted by Crippen LogP contribution is -2.39. The van der Waals surface area contributed by atoms with Crippen LogP contribution in [0.5, 0.6) is 0 Å². The van der Waals surface area contributed by atoms with Crippen molar-refractivity contribution in [3.05, 3.63) is 66.0 Å². The number of rotatable bonds is 4. The fourth-order valence-corrected chi connectivity index (χ4v) is 2.10. The number of carbonyl (C=O) groups is 1. The molecule has 2 aromatic rings. The van der Waals surface area contributed by atoms with E-state index < -0.39 is 5.41 Å². The highest BCUT2D eigenvalue weighted by Gasteiger charge is 2.24. The summed E-state index contributed by atoms with van der Waals surface area (Å²) in [6.45, 7) is 4.13. The number of halogens is 1. The molecule has 3 nitrogen and oxygen atoms in total. The monoisotopic (exact) mass is 286 g/mol. The van der Waals surface area contributed by atoms with Gasteiger partial charge in [0, 0.05) is 17.6 Å². The lowest BCUT2D eigenvalue weighted by molar-refractivity contribution is 0.249. The molecule has 2 N–H and O–H groups in total. The van der Waals surface area contributed by atoms with Crippen LogP contribution in [0, 0.1) is 5.82 Å². The van der Waals surface area contributed by atoms with Gasteiger partial charge in [-0.2, -0.15) is 0 Å². The van der Waals surface area contributed by atoms with Crippen molar-refractivity contribution in [2.75, 3.05) is 11.9 Å². The van der Waals surface area contributed by atoms with Crippen LogP contribution in [0.2, 0.25) is 0 Å². The third-order valence-corrected chi connectivity index (χ3v) is 3.33. The zero-order valence-corrected chi connectivity index (χ0v) is 12.2. The van der Waals surface area contributed by atoms with Crippen molar-refractivity contribution in [3.8, 4) is 0 Å². The molecular weight excluding hydrogens is 267 g/mol. The van der Waals surface area contributed by atoms with E-state index in [0.717, 1.165) is 5.69 Å². The zero-order valence-electron chi connectivity index (χ0n) is 12.2. The molecule has 110 valence electrons. The van der Waals surface area contributed by atoms with Crippen molar-refractivity contribution in [1.29, 1.82) is 0 Å². The van der Waals surface area contributed by atoms with Crippen LogP contribution in [-0.4, -0.2) is 12.6 Å². The summed E-state index contributed by atoms with van der Waals surface area (Å²) in [6.07, 6.45) is 0.